The van der Waals surface area contributed by atoms with Gasteiger partial charge in [-0.15, -0.1) is 0 Å². The summed E-state index contributed by atoms with van der Waals surface area (Å²) >= 11 is 0.588. The molecule has 0 unspecified atom stereocenters. The third-order valence-corrected chi connectivity index (χ3v) is 2.47. The zero-order valence-corrected chi connectivity index (χ0v) is 9.15. The van der Waals surface area contributed by atoms with Crippen molar-refractivity contribution in [3.63, 3.8) is 0 Å². The first-order chi connectivity index (χ1) is 6.41. The molecule has 0 bridgehead atoms. The minimum Gasteiger partial charge on any atom is -0.330 e. The van der Waals surface area contributed by atoms with Gasteiger partial charge in [-0.3, -0.25) is 0 Å². The van der Waals surface area contributed by atoms with E-state index in [0.717, 1.165) is 13.0 Å². The molecule has 0 aliphatic carbocycles. The van der Waals surface area contributed by atoms with Crippen LogP contribution >= 0.6 is 0 Å². The summed E-state index contributed by atoms with van der Waals surface area (Å²) in [7, 11) is 0. The molecule has 0 saturated carbocycles. The molecule has 0 saturated heterocycles. The lowest BCUT2D eigenvalue weighted by Gasteiger charge is -1.99. The first-order valence-corrected chi connectivity index (χ1v) is 6.02. The van der Waals surface area contributed by atoms with Crippen molar-refractivity contribution in [2.24, 2.45) is 5.73 Å². The summed E-state index contributed by atoms with van der Waals surface area (Å²) in [6, 6.07) is 0. The van der Waals surface area contributed by atoms with Gasteiger partial charge in [0.05, 0.1) is 11.3 Å². The van der Waals surface area contributed by atoms with Crippen molar-refractivity contribution < 1.29 is 4.21 Å². The largest absolute Gasteiger partial charge is 0.330 e. The molecule has 0 aliphatic rings. The second-order valence-electron chi connectivity index (χ2n) is 3.32. The highest BCUT2D eigenvalue weighted by Crippen LogP contribution is 2.07. The Balaban J connectivity index is 2.87. The number of rotatable bonds is 9. The van der Waals surface area contributed by atoms with Crippen LogP contribution in [0.3, 0.4) is 0 Å². The second kappa shape index (κ2) is 11.8. The van der Waals surface area contributed by atoms with Gasteiger partial charge in [-0.1, -0.05) is 32.1 Å². The number of hydrogen-bond donors (Lipinski definition) is 1. The Morgan fingerprint density at radius 3 is 2.00 bits per heavy atom. The standard InChI is InChI=1S/C10H21NOS/c11-9-7-5-3-1-2-4-6-8-10-13-12/h10H,1-9,11H2. The minimum atomic E-state index is 0.588. The van der Waals surface area contributed by atoms with E-state index in [0.29, 0.717) is 11.3 Å². The van der Waals surface area contributed by atoms with Crippen LogP contribution in [0.15, 0.2) is 0 Å². The smallest absolute Gasteiger partial charge is 0.0841 e. The van der Waals surface area contributed by atoms with E-state index in [1.165, 1.54) is 44.9 Å². The van der Waals surface area contributed by atoms with E-state index in [1.807, 2.05) is 0 Å². The van der Waals surface area contributed by atoms with Crippen LogP contribution in [0.5, 0.6) is 0 Å². The van der Waals surface area contributed by atoms with Crippen LogP contribution in [0.1, 0.15) is 51.4 Å². The van der Waals surface area contributed by atoms with E-state index in [-0.39, 0.29) is 0 Å². The molecular formula is C10H21NOS. The summed E-state index contributed by atoms with van der Waals surface area (Å²) in [5.74, 6) is 0. The fourth-order valence-corrected chi connectivity index (χ4v) is 1.57. The lowest BCUT2D eigenvalue weighted by atomic mass is 10.1. The molecule has 78 valence electrons. The van der Waals surface area contributed by atoms with Crippen LogP contribution in [0.4, 0.5) is 0 Å². The zero-order valence-electron chi connectivity index (χ0n) is 8.34. The molecule has 0 aromatic rings. The molecule has 3 heteroatoms. The van der Waals surface area contributed by atoms with E-state index < -0.39 is 0 Å². The number of nitrogens with two attached hydrogens (primary N) is 1. The van der Waals surface area contributed by atoms with Gasteiger partial charge < -0.3 is 5.73 Å². The summed E-state index contributed by atoms with van der Waals surface area (Å²) < 4.78 is 9.99. The Bertz CT molecular complexity index is 144. The van der Waals surface area contributed by atoms with Crippen molar-refractivity contribution in [1.82, 2.24) is 0 Å². The Morgan fingerprint density at radius 2 is 1.46 bits per heavy atom. The molecule has 0 radical (unpaired) electrons. The molecule has 0 heterocycles. The van der Waals surface area contributed by atoms with Crippen molar-refractivity contribution in [3.05, 3.63) is 0 Å². The van der Waals surface area contributed by atoms with Gasteiger partial charge >= 0.3 is 0 Å². The molecule has 13 heavy (non-hydrogen) atoms. The molecule has 0 aromatic heterocycles. The lowest BCUT2D eigenvalue weighted by molar-refractivity contribution is 0.588. The van der Waals surface area contributed by atoms with Crippen molar-refractivity contribution in [3.8, 4) is 0 Å². The molecule has 2 N–H and O–H groups in total. The highest BCUT2D eigenvalue weighted by molar-refractivity contribution is 7.64. The summed E-state index contributed by atoms with van der Waals surface area (Å²) in [6.45, 7) is 0.829. The fraction of sp³-hybridized carbons (Fsp3) is 0.900. The molecule has 0 aliphatic heterocycles. The third kappa shape index (κ3) is 11.9. The molecular weight excluding hydrogens is 182 g/mol. The zero-order chi connectivity index (χ0) is 9.78. The summed E-state index contributed by atoms with van der Waals surface area (Å²) in [5.41, 5.74) is 5.39. The Labute approximate surface area is 85.0 Å². The maximum Gasteiger partial charge on any atom is 0.0841 e. The van der Waals surface area contributed by atoms with Gasteiger partial charge in [0.1, 0.15) is 0 Å². The Morgan fingerprint density at radius 1 is 0.923 bits per heavy atom. The Hall–Kier alpha value is -0.150. The maximum atomic E-state index is 9.99. The van der Waals surface area contributed by atoms with Gasteiger partial charge in [0.2, 0.25) is 0 Å². The molecule has 0 aromatic carbocycles. The summed E-state index contributed by atoms with van der Waals surface area (Å²) in [6.07, 6.45) is 9.80. The quantitative estimate of drug-likeness (QED) is 0.460. The van der Waals surface area contributed by atoms with Crippen LogP contribution in [0, 0.1) is 0 Å². The van der Waals surface area contributed by atoms with Gasteiger partial charge in [-0.2, -0.15) is 0 Å². The van der Waals surface area contributed by atoms with E-state index in [1.54, 1.807) is 5.37 Å². The van der Waals surface area contributed by atoms with Gasteiger partial charge in [0.25, 0.3) is 0 Å². The average molecular weight is 203 g/mol. The first-order valence-electron chi connectivity index (χ1n) is 5.22. The topological polar surface area (TPSA) is 43.1 Å². The van der Waals surface area contributed by atoms with E-state index in [4.69, 9.17) is 5.73 Å². The molecule has 0 rings (SSSR count). The summed E-state index contributed by atoms with van der Waals surface area (Å²) in [4.78, 5) is 0. The van der Waals surface area contributed by atoms with Crippen molar-refractivity contribution in [1.29, 1.82) is 0 Å². The predicted molar refractivity (Wildman–Crippen MR) is 60.2 cm³/mol. The van der Waals surface area contributed by atoms with Crippen LogP contribution in [0.25, 0.3) is 0 Å². The first kappa shape index (κ1) is 12.8. The molecule has 0 spiro atoms. The highest BCUT2D eigenvalue weighted by atomic mass is 32.1. The predicted octanol–water partition coefficient (Wildman–Crippen LogP) is 2.08. The van der Waals surface area contributed by atoms with E-state index in [2.05, 4.69) is 0 Å². The molecule has 0 amide bonds. The third-order valence-electron chi connectivity index (χ3n) is 2.09. The van der Waals surface area contributed by atoms with E-state index in [9.17, 15) is 4.21 Å². The van der Waals surface area contributed by atoms with Crippen LogP contribution in [-0.4, -0.2) is 16.1 Å². The number of hydrogen-bond acceptors (Lipinski definition) is 2. The van der Waals surface area contributed by atoms with Crippen molar-refractivity contribution in [2.75, 3.05) is 6.54 Å². The Kier molecular flexibility index (Phi) is 11.7. The average Bonchev–Trinajstić information content (AvgIpc) is 2.16. The normalized spacial score (nSPS) is 9.92. The monoisotopic (exact) mass is 203 g/mol. The number of unbranched alkanes of at least 4 members (excludes halogenated alkanes) is 7. The van der Waals surface area contributed by atoms with Crippen LogP contribution in [-0.2, 0) is 11.3 Å². The van der Waals surface area contributed by atoms with Gasteiger partial charge in [-0.05, 0) is 25.8 Å². The van der Waals surface area contributed by atoms with Gasteiger partial charge in [-0.25, -0.2) is 4.21 Å². The van der Waals surface area contributed by atoms with Crippen LogP contribution in [0.2, 0.25) is 0 Å². The SMILES string of the molecule is NCCCCCCCCCC=S=O. The van der Waals surface area contributed by atoms with Crippen molar-refractivity contribution >= 4 is 16.6 Å². The van der Waals surface area contributed by atoms with E-state index >= 15 is 0 Å². The molecule has 2 nitrogen and oxygen atoms in total. The molecule has 0 atom stereocenters. The maximum absolute atomic E-state index is 9.99. The fourth-order valence-electron chi connectivity index (χ4n) is 1.30. The van der Waals surface area contributed by atoms with Gasteiger partial charge in [0, 0.05) is 5.37 Å². The molecule has 0 fully saturated rings. The second-order valence-corrected chi connectivity index (χ2v) is 3.84. The highest BCUT2D eigenvalue weighted by Gasteiger charge is 1.90. The summed E-state index contributed by atoms with van der Waals surface area (Å²) in [5, 5.41) is 1.74. The lowest BCUT2D eigenvalue weighted by Crippen LogP contribution is -1.97. The van der Waals surface area contributed by atoms with Gasteiger partial charge in [0.15, 0.2) is 0 Å². The van der Waals surface area contributed by atoms with Crippen molar-refractivity contribution in [2.45, 2.75) is 51.4 Å². The minimum absolute atomic E-state index is 0.588. The van der Waals surface area contributed by atoms with Crippen LogP contribution < -0.4 is 5.73 Å².